The van der Waals surface area contributed by atoms with Crippen LogP contribution in [0.3, 0.4) is 0 Å². The van der Waals surface area contributed by atoms with Crippen LogP contribution in [0.15, 0.2) is 28.8 Å². The number of hydrogen-bond acceptors (Lipinski definition) is 5. The molecule has 1 N–H and O–H groups in total. The Hall–Kier alpha value is -2.21. The molecule has 2 aromatic rings. The normalized spacial score (nSPS) is 23.8. The molecule has 1 spiro atoms. The van der Waals surface area contributed by atoms with E-state index in [2.05, 4.69) is 15.5 Å². The van der Waals surface area contributed by atoms with E-state index in [1.54, 1.807) is 13.0 Å². The first kappa shape index (κ1) is 16.3. The van der Waals surface area contributed by atoms with Crippen molar-refractivity contribution in [3.05, 3.63) is 35.7 Å². The minimum Gasteiger partial charge on any atom is -0.378 e. The molecule has 1 heterocycles. The molecule has 1 aromatic heterocycles. The predicted octanol–water partition coefficient (Wildman–Crippen LogP) is 3.12. The number of carbonyl (C=O) groups is 1. The van der Waals surface area contributed by atoms with E-state index in [9.17, 15) is 4.79 Å². The van der Waals surface area contributed by atoms with Crippen LogP contribution in [0.5, 0.6) is 0 Å². The van der Waals surface area contributed by atoms with Crippen molar-refractivity contribution in [2.24, 2.45) is 5.41 Å². The molecule has 1 amide bonds. The fourth-order valence-corrected chi connectivity index (χ4v) is 4.15. The summed E-state index contributed by atoms with van der Waals surface area (Å²) in [5.74, 6) is 0.845. The van der Waals surface area contributed by atoms with Crippen LogP contribution in [-0.2, 0) is 4.74 Å². The van der Waals surface area contributed by atoms with E-state index < -0.39 is 0 Å². The van der Waals surface area contributed by atoms with E-state index in [1.165, 1.54) is 6.42 Å². The van der Waals surface area contributed by atoms with Crippen LogP contribution in [-0.4, -0.2) is 34.8 Å². The standard InChI is InChI=1S/C19H23N3O3/c1-3-24-16-11-15(19(16)9-6-10-19)21-17(23)13-7-4-5-8-14(13)18-20-12(2)22-25-18/h4-5,7-8,15-16H,3,6,9-11H2,1-2H3,(H,21,23). The summed E-state index contributed by atoms with van der Waals surface area (Å²) < 4.78 is 11.1. The van der Waals surface area contributed by atoms with E-state index >= 15 is 0 Å². The Kier molecular flexibility index (Phi) is 4.07. The maximum atomic E-state index is 12.9. The Morgan fingerprint density at radius 1 is 1.40 bits per heavy atom. The summed E-state index contributed by atoms with van der Waals surface area (Å²) >= 11 is 0. The third-order valence-electron chi connectivity index (χ3n) is 5.67. The van der Waals surface area contributed by atoms with Crippen LogP contribution in [0, 0.1) is 12.3 Å². The molecule has 0 bridgehead atoms. The Balaban J connectivity index is 1.53. The molecular weight excluding hydrogens is 318 g/mol. The van der Waals surface area contributed by atoms with Crippen LogP contribution in [0.1, 0.15) is 48.8 Å². The van der Waals surface area contributed by atoms with Gasteiger partial charge in [-0.15, -0.1) is 0 Å². The monoisotopic (exact) mass is 341 g/mol. The van der Waals surface area contributed by atoms with Crippen molar-refractivity contribution >= 4 is 5.91 Å². The average Bonchev–Trinajstić information content (AvgIpc) is 2.98. The zero-order valence-electron chi connectivity index (χ0n) is 14.6. The quantitative estimate of drug-likeness (QED) is 0.904. The first-order chi connectivity index (χ1) is 12.1. The number of rotatable bonds is 5. The molecule has 0 aliphatic heterocycles. The zero-order chi connectivity index (χ0) is 17.4. The van der Waals surface area contributed by atoms with Crippen molar-refractivity contribution in [3.63, 3.8) is 0 Å². The molecule has 0 saturated heterocycles. The number of nitrogens with one attached hydrogen (secondary N) is 1. The van der Waals surface area contributed by atoms with Gasteiger partial charge in [0.15, 0.2) is 5.82 Å². The molecule has 0 radical (unpaired) electrons. The van der Waals surface area contributed by atoms with Gasteiger partial charge in [-0.2, -0.15) is 4.98 Å². The third-order valence-corrected chi connectivity index (χ3v) is 5.67. The molecule has 6 heteroatoms. The topological polar surface area (TPSA) is 77.2 Å². The van der Waals surface area contributed by atoms with Gasteiger partial charge < -0.3 is 14.6 Å². The molecule has 2 atom stereocenters. The largest absolute Gasteiger partial charge is 0.378 e. The number of aryl methyl sites for hydroxylation is 1. The highest BCUT2D eigenvalue weighted by molar-refractivity contribution is 6.00. The average molecular weight is 341 g/mol. The number of hydrogen-bond donors (Lipinski definition) is 1. The van der Waals surface area contributed by atoms with Crippen molar-refractivity contribution < 1.29 is 14.1 Å². The summed E-state index contributed by atoms with van der Waals surface area (Å²) in [4.78, 5) is 17.2. The van der Waals surface area contributed by atoms with Gasteiger partial charge in [-0.3, -0.25) is 4.79 Å². The van der Waals surface area contributed by atoms with Gasteiger partial charge in [0.2, 0.25) is 0 Å². The molecule has 2 aliphatic rings. The molecule has 132 valence electrons. The lowest BCUT2D eigenvalue weighted by atomic mass is 9.51. The summed E-state index contributed by atoms with van der Waals surface area (Å²) in [6.07, 6.45) is 4.65. The number of ether oxygens (including phenoxy) is 1. The second-order valence-corrected chi connectivity index (χ2v) is 6.98. The van der Waals surface area contributed by atoms with Gasteiger partial charge in [0.25, 0.3) is 11.8 Å². The van der Waals surface area contributed by atoms with E-state index in [1.807, 2.05) is 25.1 Å². The van der Waals surface area contributed by atoms with E-state index in [0.29, 0.717) is 22.8 Å². The Morgan fingerprint density at radius 2 is 2.20 bits per heavy atom. The number of benzene rings is 1. The highest BCUT2D eigenvalue weighted by atomic mass is 16.5. The Bertz CT molecular complexity index is 782. The lowest BCUT2D eigenvalue weighted by Crippen LogP contribution is -2.67. The van der Waals surface area contributed by atoms with Gasteiger partial charge >= 0.3 is 0 Å². The highest BCUT2D eigenvalue weighted by Gasteiger charge is 2.59. The fourth-order valence-electron chi connectivity index (χ4n) is 4.15. The smallest absolute Gasteiger partial charge is 0.258 e. The van der Waals surface area contributed by atoms with Gasteiger partial charge in [-0.05, 0) is 45.2 Å². The Labute approximate surface area is 147 Å². The predicted molar refractivity (Wildman–Crippen MR) is 92.0 cm³/mol. The van der Waals surface area contributed by atoms with Crippen LogP contribution >= 0.6 is 0 Å². The summed E-state index contributed by atoms with van der Waals surface area (Å²) in [5, 5.41) is 7.05. The molecule has 2 aliphatic carbocycles. The zero-order valence-corrected chi connectivity index (χ0v) is 14.6. The van der Waals surface area contributed by atoms with Gasteiger partial charge in [-0.1, -0.05) is 23.7 Å². The molecule has 2 fully saturated rings. The van der Waals surface area contributed by atoms with Crippen molar-refractivity contribution in [2.75, 3.05) is 6.61 Å². The molecule has 4 rings (SSSR count). The second-order valence-electron chi connectivity index (χ2n) is 6.98. The first-order valence-electron chi connectivity index (χ1n) is 8.96. The number of amides is 1. The summed E-state index contributed by atoms with van der Waals surface area (Å²) in [5.41, 5.74) is 1.38. The highest BCUT2D eigenvalue weighted by Crippen LogP contribution is 2.57. The molecular formula is C19H23N3O3. The van der Waals surface area contributed by atoms with Gasteiger partial charge in [0.1, 0.15) is 0 Å². The molecule has 25 heavy (non-hydrogen) atoms. The van der Waals surface area contributed by atoms with Gasteiger partial charge in [0.05, 0.1) is 17.2 Å². The second kappa shape index (κ2) is 6.26. The van der Waals surface area contributed by atoms with Crippen LogP contribution < -0.4 is 5.32 Å². The summed E-state index contributed by atoms with van der Waals surface area (Å²) in [6, 6.07) is 7.54. The molecule has 2 saturated carbocycles. The fraction of sp³-hybridized carbons (Fsp3) is 0.526. The maximum absolute atomic E-state index is 12.9. The lowest BCUT2D eigenvalue weighted by molar-refractivity contribution is -0.169. The van der Waals surface area contributed by atoms with Crippen LogP contribution in [0.4, 0.5) is 0 Å². The van der Waals surface area contributed by atoms with Gasteiger partial charge in [0, 0.05) is 18.1 Å². The lowest BCUT2D eigenvalue weighted by Gasteiger charge is -2.61. The number of aromatic nitrogens is 2. The molecule has 2 unspecified atom stereocenters. The minimum atomic E-state index is -0.0855. The van der Waals surface area contributed by atoms with Crippen molar-refractivity contribution in [1.29, 1.82) is 0 Å². The summed E-state index contributed by atoms with van der Waals surface area (Å²) in [7, 11) is 0. The maximum Gasteiger partial charge on any atom is 0.258 e. The number of nitrogens with zero attached hydrogens (tertiary/aromatic N) is 2. The van der Waals surface area contributed by atoms with Gasteiger partial charge in [-0.25, -0.2) is 0 Å². The SMILES string of the molecule is CCOC1CC(NC(=O)c2ccccc2-c2nc(C)no2)C12CCC2. The van der Waals surface area contributed by atoms with Crippen LogP contribution in [0.2, 0.25) is 0 Å². The van der Waals surface area contributed by atoms with Crippen molar-refractivity contribution in [2.45, 2.75) is 51.7 Å². The first-order valence-corrected chi connectivity index (χ1v) is 8.96. The van der Waals surface area contributed by atoms with Crippen molar-refractivity contribution in [3.8, 4) is 11.5 Å². The Morgan fingerprint density at radius 3 is 2.84 bits per heavy atom. The molecule has 6 nitrogen and oxygen atoms in total. The number of carbonyl (C=O) groups excluding carboxylic acids is 1. The van der Waals surface area contributed by atoms with E-state index in [-0.39, 0.29) is 23.5 Å². The third kappa shape index (κ3) is 2.65. The van der Waals surface area contributed by atoms with Crippen molar-refractivity contribution in [1.82, 2.24) is 15.5 Å². The molecule has 1 aromatic carbocycles. The summed E-state index contributed by atoms with van der Waals surface area (Å²) in [6.45, 7) is 4.52. The van der Waals surface area contributed by atoms with E-state index in [0.717, 1.165) is 25.9 Å². The minimum absolute atomic E-state index is 0.0855. The van der Waals surface area contributed by atoms with E-state index in [4.69, 9.17) is 9.26 Å². The van der Waals surface area contributed by atoms with Crippen LogP contribution in [0.25, 0.3) is 11.5 Å².